The van der Waals surface area contributed by atoms with Crippen molar-refractivity contribution in [1.82, 2.24) is 10.6 Å². The van der Waals surface area contributed by atoms with Gasteiger partial charge in [0.15, 0.2) is 0 Å². The van der Waals surface area contributed by atoms with E-state index in [0.29, 0.717) is 11.3 Å². The molecule has 1 aliphatic rings. The SMILES string of the molecule is Cc1ccc(S(=O)(=O)Nc2ccc(C(=O)NC3CCNCC3)cc2)cc1C. The number of carbonyl (C=O) groups is 1. The maximum atomic E-state index is 12.6. The Balaban J connectivity index is 1.67. The summed E-state index contributed by atoms with van der Waals surface area (Å²) in [5.41, 5.74) is 2.90. The van der Waals surface area contributed by atoms with Crippen LogP contribution in [0.1, 0.15) is 34.3 Å². The molecule has 2 aromatic carbocycles. The first-order valence-electron chi connectivity index (χ1n) is 9.07. The van der Waals surface area contributed by atoms with Crippen molar-refractivity contribution in [2.24, 2.45) is 0 Å². The van der Waals surface area contributed by atoms with E-state index in [2.05, 4.69) is 15.4 Å². The van der Waals surface area contributed by atoms with Crippen molar-refractivity contribution < 1.29 is 13.2 Å². The second-order valence-corrected chi connectivity index (χ2v) is 8.61. The number of amides is 1. The van der Waals surface area contributed by atoms with Gasteiger partial charge in [-0.1, -0.05) is 6.07 Å². The molecule has 0 bridgehead atoms. The van der Waals surface area contributed by atoms with Gasteiger partial charge in [0.05, 0.1) is 4.90 Å². The molecule has 1 heterocycles. The third-order valence-corrected chi connectivity index (χ3v) is 6.24. The predicted molar refractivity (Wildman–Crippen MR) is 107 cm³/mol. The quantitative estimate of drug-likeness (QED) is 0.736. The molecular formula is C20H25N3O3S. The predicted octanol–water partition coefficient (Wildman–Crippen LogP) is 2.59. The van der Waals surface area contributed by atoms with Crippen LogP contribution in [0.4, 0.5) is 5.69 Å². The van der Waals surface area contributed by atoms with Gasteiger partial charge in [-0.15, -0.1) is 0 Å². The molecule has 3 N–H and O–H groups in total. The highest BCUT2D eigenvalue weighted by Crippen LogP contribution is 2.19. The minimum atomic E-state index is -3.67. The van der Waals surface area contributed by atoms with Crippen LogP contribution in [0.25, 0.3) is 0 Å². The number of hydrogen-bond donors (Lipinski definition) is 3. The van der Waals surface area contributed by atoms with Gasteiger partial charge in [0.25, 0.3) is 15.9 Å². The van der Waals surface area contributed by atoms with Crippen molar-refractivity contribution in [1.29, 1.82) is 0 Å². The van der Waals surface area contributed by atoms with Crippen LogP contribution >= 0.6 is 0 Å². The molecule has 144 valence electrons. The summed E-state index contributed by atoms with van der Waals surface area (Å²) in [6.45, 7) is 5.63. The molecule has 7 heteroatoms. The van der Waals surface area contributed by atoms with Crippen molar-refractivity contribution in [2.75, 3.05) is 17.8 Å². The molecule has 2 aromatic rings. The molecule has 0 unspecified atom stereocenters. The van der Waals surface area contributed by atoms with Crippen molar-refractivity contribution in [2.45, 2.75) is 37.6 Å². The summed E-state index contributed by atoms with van der Waals surface area (Å²) in [5, 5.41) is 6.28. The fraction of sp³-hybridized carbons (Fsp3) is 0.350. The number of nitrogens with one attached hydrogen (secondary N) is 3. The van der Waals surface area contributed by atoms with E-state index in [0.717, 1.165) is 37.1 Å². The van der Waals surface area contributed by atoms with Gasteiger partial charge in [0, 0.05) is 17.3 Å². The van der Waals surface area contributed by atoms with Gasteiger partial charge in [-0.25, -0.2) is 8.42 Å². The van der Waals surface area contributed by atoms with Gasteiger partial charge in [-0.2, -0.15) is 0 Å². The highest BCUT2D eigenvalue weighted by molar-refractivity contribution is 7.92. The van der Waals surface area contributed by atoms with E-state index in [-0.39, 0.29) is 16.8 Å². The van der Waals surface area contributed by atoms with Gasteiger partial charge >= 0.3 is 0 Å². The largest absolute Gasteiger partial charge is 0.349 e. The molecule has 0 saturated carbocycles. The molecule has 0 atom stereocenters. The molecule has 0 radical (unpaired) electrons. The fourth-order valence-electron chi connectivity index (χ4n) is 3.02. The monoisotopic (exact) mass is 387 g/mol. The highest BCUT2D eigenvalue weighted by atomic mass is 32.2. The zero-order valence-corrected chi connectivity index (χ0v) is 16.4. The van der Waals surface area contributed by atoms with Crippen molar-refractivity contribution in [3.8, 4) is 0 Å². The first-order chi connectivity index (χ1) is 12.8. The topological polar surface area (TPSA) is 87.3 Å². The van der Waals surface area contributed by atoms with Crippen LogP contribution in [0.5, 0.6) is 0 Å². The number of sulfonamides is 1. The van der Waals surface area contributed by atoms with E-state index in [4.69, 9.17) is 0 Å². The number of benzene rings is 2. The number of rotatable bonds is 5. The summed E-state index contributed by atoms with van der Waals surface area (Å²) in [6.07, 6.45) is 1.83. The third kappa shape index (κ3) is 4.87. The van der Waals surface area contributed by atoms with Crippen molar-refractivity contribution in [3.05, 3.63) is 59.2 Å². The lowest BCUT2D eigenvalue weighted by atomic mass is 10.1. The van der Waals surface area contributed by atoms with E-state index >= 15 is 0 Å². The molecule has 3 rings (SSSR count). The van der Waals surface area contributed by atoms with Crippen molar-refractivity contribution >= 4 is 21.6 Å². The molecule has 1 fully saturated rings. The molecule has 0 aromatic heterocycles. The lowest BCUT2D eigenvalue weighted by Crippen LogP contribution is -2.42. The first kappa shape index (κ1) is 19.4. The number of piperidine rings is 1. The Morgan fingerprint density at radius 3 is 2.30 bits per heavy atom. The summed E-state index contributed by atoms with van der Waals surface area (Å²) < 4.78 is 27.7. The smallest absolute Gasteiger partial charge is 0.261 e. The minimum absolute atomic E-state index is 0.134. The summed E-state index contributed by atoms with van der Waals surface area (Å²) in [4.78, 5) is 12.6. The van der Waals surface area contributed by atoms with E-state index in [9.17, 15) is 13.2 Å². The van der Waals surface area contributed by atoms with Crippen LogP contribution in [0.15, 0.2) is 47.4 Å². The molecule has 1 saturated heterocycles. The standard InChI is InChI=1S/C20H25N3O3S/c1-14-3-8-19(13-15(14)2)27(25,26)23-18-6-4-16(5-7-18)20(24)22-17-9-11-21-12-10-17/h3-8,13,17,21,23H,9-12H2,1-2H3,(H,22,24). The van der Waals surface area contributed by atoms with Gasteiger partial charge in [-0.3, -0.25) is 9.52 Å². The molecule has 1 amide bonds. The fourth-order valence-corrected chi connectivity index (χ4v) is 4.16. The number of aryl methyl sites for hydroxylation is 2. The highest BCUT2D eigenvalue weighted by Gasteiger charge is 2.17. The van der Waals surface area contributed by atoms with E-state index in [1.54, 1.807) is 42.5 Å². The van der Waals surface area contributed by atoms with Gasteiger partial charge in [0.2, 0.25) is 0 Å². The summed E-state index contributed by atoms with van der Waals surface area (Å²) >= 11 is 0. The Hall–Kier alpha value is -2.38. The zero-order valence-electron chi connectivity index (χ0n) is 15.6. The van der Waals surface area contributed by atoms with Crippen LogP contribution in [-0.2, 0) is 10.0 Å². The molecule has 0 spiro atoms. The van der Waals surface area contributed by atoms with E-state index in [1.807, 2.05) is 13.8 Å². The zero-order chi connectivity index (χ0) is 19.4. The Bertz CT molecular complexity index is 918. The Labute approximate surface area is 160 Å². The first-order valence-corrected chi connectivity index (χ1v) is 10.6. The minimum Gasteiger partial charge on any atom is -0.349 e. The molecule has 1 aliphatic heterocycles. The Morgan fingerprint density at radius 2 is 1.67 bits per heavy atom. The van der Waals surface area contributed by atoms with Crippen LogP contribution in [0, 0.1) is 13.8 Å². The average molecular weight is 388 g/mol. The molecule has 6 nitrogen and oxygen atoms in total. The number of hydrogen-bond acceptors (Lipinski definition) is 4. The Morgan fingerprint density at radius 1 is 1.00 bits per heavy atom. The van der Waals surface area contributed by atoms with Gasteiger partial charge in [-0.05, 0) is 87.3 Å². The van der Waals surface area contributed by atoms with Crippen LogP contribution in [0.2, 0.25) is 0 Å². The molecule has 27 heavy (non-hydrogen) atoms. The molecular weight excluding hydrogens is 362 g/mol. The number of carbonyl (C=O) groups excluding carboxylic acids is 1. The van der Waals surface area contributed by atoms with E-state index in [1.165, 1.54) is 0 Å². The van der Waals surface area contributed by atoms with Crippen molar-refractivity contribution in [3.63, 3.8) is 0 Å². The van der Waals surface area contributed by atoms with Gasteiger partial charge < -0.3 is 10.6 Å². The third-order valence-electron chi connectivity index (χ3n) is 4.86. The van der Waals surface area contributed by atoms with Crippen LogP contribution in [-0.4, -0.2) is 33.5 Å². The average Bonchev–Trinajstić information content (AvgIpc) is 2.65. The second-order valence-electron chi connectivity index (χ2n) is 6.93. The summed E-state index contributed by atoms with van der Waals surface area (Å²) in [5.74, 6) is -0.134. The number of anilines is 1. The van der Waals surface area contributed by atoms with Crippen LogP contribution in [0.3, 0.4) is 0 Å². The maximum absolute atomic E-state index is 12.6. The second kappa shape index (κ2) is 8.10. The normalized spacial score (nSPS) is 15.3. The molecule has 0 aliphatic carbocycles. The lowest BCUT2D eigenvalue weighted by Gasteiger charge is -2.23. The lowest BCUT2D eigenvalue weighted by molar-refractivity contribution is 0.0929. The summed E-state index contributed by atoms with van der Waals surface area (Å²) in [7, 11) is -3.67. The maximum Gasteiger partial charge on any atom is 0.261 e. The van der Waals surface area contributed by atoms with Crippen LogP contribution < -0.4 is 15.4 Å². The summed E-state index contributed by atoms with van der Waals surface area (Å²) in [6, 6.07) is 11.7. The van der Waals surface area contributed by atoms with E-state index < -0.39 is 10.0 Å². The van der Waals surface area contributed by atoms with Gasteiger partial charge in [0.1, 0.15) is 0 Å². The Kier molecular flexibility index (Phi) is 5.82.